The van der Waals surface area contributed by atoms with Crippen molar-refractivity contribution in [1.29, 1.82) is 0 Å². The number of carbonyl (C=O) groups excluding carboxylic acids is 1. The monoisotopic (exact) mass is 171 g/mol. The highest BCUT2D eigenvalue weighted by molar-refractivity contribution is 5.73. The Bertz CT molecular complexity index is 170. The van der Waals surface area contributed by atoms with Gasteiger partial charge >= 0.3 is 0 Å². The van der Waals surface area contributed by atoms with E-state index in [1.807, 2.05) is 11.8 Å². The summed E-state index contributed by atoms with van der Waals surface area (Å²) in [6.07, 6.45) is 1.40. The van der Waals surface area contributed by atoms with Crippen LogP contribution in [-0.4, -0.2) is 36.1 Å². The van der Waals surface area contributed by atoms with Crippen LogP contribution in [0.3, 0.4) is 0 Å². The van der Waals surface area contributed by atoms with Gasteiger partial charge in [-0.2, -0.15) is 0 Å². The molecule has 2 atom stereocenters. The lowest BCUT2D eigenvalue weighted by Crippen LogP contribution is -2.48. The van der Waals surface area contributed by atoms with Gasteiger partial charge in [-0.3, -0.25) is 4.79 Å². The molecule has 0 unspecified atom stereocenters. The van der Waals surface area contributed by atoms with Gasteiger partial charge in [0.25, 0.3) is 0 Å². The van der Waals surface area contributed by atoms with Gasteiger partial charge in [0.15, 0.2) is 0 Å². The Hall–Kier alpha value is -0.570. The van der Waals surface area contributed by atoms with Gasteiger partial charge in [-0.05, 0) is 13.3 Å². The van der Waals surface area contributed by atoms with Crippen molar-refractivity contribution in [3.63, 3.8) is 0 Å². The Kier molecular flexibility index (Phi) is 3.09. The van der Waals surface area contributed by atoms with Gasteiger partial charge in [-0.15, -0.1) is 0 Å². The first-order valence-electron chi connectivity index (χ1n) is 4.54. The Morgan fingerprint density at radius 3 is 2.75 bits per heavy atom. The molecule has 1 heterocycles. The minimum atomic E-state index is 0.156. The van der Waals surface area contributed by atoms with E-state index in [1.54, 1.807) is 6.92 Å². The fourth-order valence-corrected chi connectivity index (χ4v) is 1.53. The van der Waals surface area contributed by atoms with E-state index < -0.39 is 0 Å². The molecule has 0 spiro atoms. The lowest BCUT2D eigenvalue weighted by atomic mass is 10.2. The van der Waals surface area contributed by atoms with E-state index in [4.69, 9.17) is 4.74 Å². The number of amides is 1. The zero-order valence-corrected chi connectivity index (χ0v) is 8.04. The van der Waals surface area contributed by atoms with Crippen LogP contribution in [0.25, 0.3) is 0 Å². The maximum absolute atomic E-state index is 11.1. The number of morpholine rings is 1. The highest BCUT2D eigenvalue weighted by Gasteiger charge is 2.24. The van der Waals surface area contributed by atoms with E-state index in [9.17, 15) is 4.79 Å². The van der Waals surface area contributed by atoms with Crippen LogP contribution in [-0.2, 0) is 9.53 Å². The smallest absolute Gasteiger partial charge is 0.219 e. The molecule has 0 radical (unpaired) electrons. The molecule has 70 valence electrons. The molecular formula is C9H17NO2. The summed E-state index contributed by atoms with van der Waals surface area (Å²) in [5.41, 5.74) is 0. The maximum Gasteiger partial charge on any atom is 0.219 e. The van der Waals surface area contributed by atoms with Crippen LogP contribution in [0.15, 0.2) is 0 Å². The number of carbonyl (C=O) groups is 1. The average molecular weight is 171 g/mol. The summed E-state index contributed by atoms with van der Waals surface area (Å²) < 4.78 is 5.62. The first-order valence-corrected chi connectivity index (χ1v) is 4.54. The Labute approximate surface area is 73.7 Å². The van der Waals surface area contributed by atoms with Crippen LogP contribution >= 0.6 is 0 Å². The van der Waals surface area contributed by atoms with E-state index in [-0.39, 0.29) is 18.1 Å². The largest absolute Gasteiger partial charge is 0.372 e. The van der Waals surface area contributed by atoms with Crippen LogP contribution in [0, 0.1) is 0 Å². The van der Waals surface area contributed by atoms with Gasteiger partial charge in [-0.1, -0.05) is 6.92 Å². The zero-order valence-electron chi connectivity index (χ0n) is 8.04. The molecule has 0 bridgehead atoms. The predicted octanol–water partition coefficient (Wildman–Crippen LogP) is 1.03. The Morgan fingerprint density at radius 2 is 2.25 bits per heavy atom. The van der Waals surface area contributed by atoms with E-state index in [1.165, 1.54) is 0 Å². The summed E-state index contributed by atoms with van der Waals surface area (Å²) in [6.45, 7) is 7.21. The number of rotatable bonds is 1. The normalized spacial score (nSPS) is 30.4. The van der Waals surface area contributed by atoms with Crippen LogP contribution in [0.5, 0.6) is 0 Å². The molecule has 3 heteroatoms. The fraction of sp³-hybridized carbons (Fsp3) is 0.889. The minimum absolute atomic E-state index is 0.156. The number of hydrogen-bond donors (Lipinski definition) is 0. The van der Waals surface area contributed by atoms with Crippen LogP contribution in [0.1, 0.15) is 27.2 Å². The molecule has 12 heavy (non-hydrogen) atoms. The number of hydrogen-bond acceptors (Lipinski definition) is 2. The number of nitrogens with zero attached hydrogens (tertiary/aromatic N) is 1. The van der Waals surface area contributed by atoms with E-state index in [0.29, 0.717) is 0 Å². The molecule has 0 aliphatic carbocycles. The molecule has 1 aliphatic rings. The molecular weight excluding hydrogens is 154 g/mol. The lowest BCUT2D eigenvalue weighted by Gasteiger charge is -2.35. The van der Waals surface area contributed by atoms with E-state index >= 15 is 0 Å². The van der Waals surface area contributed by atoms with Crippen LogP contribution < -0.4 is 0 Å². The molecule has 1 rings (SSSR count). The van der Waals surface area contributed by atoms with Gasteiger partial charge in [-0.25, -0.2) is 0 Å². The first-order chi connectivity index (χ1) is 5.63. The molecule has 0 aromatic carbocycles. The zero-order chi connectivity index (χ0) is 9.14. The first kappa shape index (κ1) is 9.52. The standard InChI is InChI=1S/C9H17NO2/c1-4-9-6-10(8(3)11)5-7(2)12-9/h7,9H,4-6H2,1-3H3/t7-,9-/m0/s1. The van der Waals surface area contributed by atoms with Crippen molar-refractivity contribution in [2.75, 3.05) is 13.1 Å². The van der Waals surface area contributed by atoms with Gasteiger partial charge in [0, 0.05) is 20.0 Å². The van der Waals surface area contributed by atoms with Gasteiger partial charge in [0.05, 0.1) is 12.2 Å². The van der Waals surface area contributed by atoms with Gasteiger partial charge < -0.3 is 9.64 Å². The molecule has 1 saturated heterocycles. The van der Waals surface area contributed by atoms with Crippen LogP contribution in [0.2, 0.25) is 0 Å². The van der Waals surface area contributed by atoms with Crippen molar-refractivity contribution in [2.24, 2.45) is 0 Å². The fourth-order valence-electron chi connectivity index (χ4n) is 1.53. The minimum Gasteiger partial charge on any atom is -0.372 e. The van der Waals surface area contributed by atoms with Crippen molar-refractivity contribution in [2.45, 2.75) is 39.4 Å². The van der Waals surface area contributed by atoms with Gasteiger partial charge in [0.1, 0.15) is 0 Å². The van der Waals surface area contributed by atoms with Crippen molar-refractivity contribution in [3.05, 3.63) is 0 Å². The Morgan fingerprint density at radius 1 is 1.58 bits per heavy atom. The third-order valence-electron chi connectivity index (χ3n) is 2.23. The molecule has 1 aliphatic heterocycles. The summed E-state index contributed by atoms with van der Waals surface area (Å²) >= 11 is 0. The quantitative estimate of drug-likeness (QED) is 0.589. The van der Waals surface area contributed by atoms with E-state index in [0.717, 1.165) is 19.5 Å². The molecule has 1 fully saturated rings. The highest BCUT2D eigenvalue weighted by Crippen LogP contribution is 2.13. The lowest BCUT2D eigenvalue weighted by molar-refractivity contribution is -0.142. The molecule has 0 aromatic rings. The second-order valence-corrected chi connectivity index (χ2v) is 3.40. The maximum atomic E-state index is 11.1. The summed E-state index contributed by atoms with van der Waals surface area (Å²) in [6, 6.07) is 0. The van der Waals surface area contributed by atoms with Crippen molar-refractivity contribution in [3.8, 4) is 0 Å². The topological polar surface area (TPSA) is 29.5 Å². The summed E-state index contributed by atoms with van der Waals surface area (Å²) in [5.74, 6) is 0.156. The molecule has 3 nitrogen and oxygen atoms in total. The van der Waals surface area contributed by atoms with Gasteiger partial charge in [0.2, 0.25) is 5.91 Å². The average Bonchev–Trinajstić information content (AvgIpc) is 2.03. The van der Waals surface area contributed by atoms with Crippen molar-refractivity contribution in [1.82, 2.24) is 4.90 Å². The third kappa shape index (κ3) is 2.21. The van der Waals surface area contributed by atoms with Crippen LogP contribution in [0.4, 0.5) is 0 Å². The summed E-state index contributed by atoms with van der Waals surface area (Å²) in [7, 11) is 0. The predicted molar refractivity (Wildman–Crippen MR) is 46.9 cm³/mol. The second-order valence-electron chi connectivity index (χ2n) is 3.40. The SMILES string of the molecule is CC[C@H]1CN(C(C)=O)C[C@H](C)O1. The Balaban J connectivity index is 2.51. The van der Waals surface area contributed by atoms with Crippen molar-refractivity contribution < 1.29 is 9.53 Å². The van der Waals surface area contributed by atoms with Crippen molar-refractivity contribution >= 4 is 5.91 Å². The summed E-state index contributed by atoms with van der Waals surface area (Å²) in [5, 5.41) is 0. The molecule has 1 amide bonds. The summed E-state index contributed by atoms with van der Waals surface area (Å²) in [4.78, 5) is 12.9. The third-order valence-corrected chi connectivity index (χ3v) is 2.23. The molecule has 0 aromatic heterocycles. The number of ether oxygens (including phenoxy) is 1. The molecule has 0 N–H and O–H groups in total. The second kappa shape index (κ2) is 3.90. The highest BCUT2D eigenvalue weighted by atomic mass is 16.5. The molecule has 0 saturated carbocycles. The van der Waals surface area contributed by atoms with E-state index in [2.05, 4.69) is 6.92 Å².